The van der Waals surface area contributed by atoms with Crippen molar-refractivity contribution < 1.29 is 27.8 Å². The predicted molar refractivity (Wildman–Crippen MR) is 60.6 cm³/mol. The van der Waals surface area contributed by atoms with Crippen molar-refractivity contribution in [2.75, 3.05) is 0 Å². The molecule has 8 heteroatoms. The maximum atomic E-state index is 12.3. The Balaban J connectivity index is 2.13. The van der Waals surface area contributed by atoms with Crippen LogP contribution in [-0.4, -0.2) is 16.1 Å². The van der Waals surface area contributed by atoms with Gasteiger partial charge < -0.3 is 9.84 Å². The average Bonchev–Trinajstić information content (AvgIpc) is 2.77. The second-order valence-corrected chi connectivity index (χ2v) is 4.35. The van der Waals surface area contributed by atoms with Crippen molar-refractivity contribution in [3.8, 4) is 11.6 Å². The Labute approximate surface area is 109 Å². The lowest BCUT2D eigenvalue weighted by Crippen LogP contribution is -2.05. The van der Waals surface area contributed by atoms with E-state index < -0.39 is 17.7 Å². The van der Waals surface area contributed by atoms with Gasteiger partial charge in [-0.15, -0.1) is 11.3 Å². The van der Waals surface area contributed by atoms with Crippen LogP contribution in [0.1, 0.15) is 15.2 Å². The summed E-state index contributed by atoms with van der Waals surface area (Å²) in [6.07, 6.45) is -3.80. The summed E-state index contributed by atoms with van der Waals surface area (Å²) in [5, 5.41) is 10.1. The zero-order valence-corrected chi connectivity index (χ0v) is 9.96. The molecule has 0 saturated heterocycles. The molecular weight excluding hydrogens is 283 g/mol. The first-order valence-corrected chi connectivity index (χ1v) is 5.77. The number of aromatic nitrogens is 1. The van der Waals surface area contributed by atoms with Gasteiger partial charge in [0.05, 0.1) is 5.56 Å². The van der Waals surface area contributed by atoms with Gasteiger partial charge in [0.25, 0.3) is 0 Å². The lowest BCUT2D eigenvalue weighted by Gasteiger charge is -2.06. The van der Waals surface area contributed by atoms with E-state index in [0.717, 1.165) is 23.5 Å². The number of halogens is 3. The molecule has 0 aliphatic carbocycles. The van der Waals surface area contributed by atoms with Gasteiger partial charge in [0.15, 0.2) is 0 Å². The first kappa shape index (κ1) is 13.3. The highest BCUT2D eigenvalue weighted by Gasteiger charge is 2.30. The van der Waals surface area contributed by atoms with Crippen LogP contribution in [0.3, 0.4) is 0 Å². The van der Waals surface area contributed by atoms with Crippen LogP contribution in [0.5, 0.6) is 11.6 Å². The first-order valence-electron chi connectivity index (χ1n) is 4.89. The van der Waals surface area contributed by atoms with Crippen molar-refractivity contribution in [2.24, 2.45) is 0 Å². The number of carboxylic acid groups (broad SMARTS) is 1. The van der Waals surface area contributed by atoms with Gasteiger partial charge in [0.2, 0.25) is 5.88 Å². The maximum Gasteiger partial charge on any atom is 0.417 e. The van der Waals surface area contributed by atoms with Gasteiger partial charge in [0, 0.05) is 23.7 Å². The van der Waals surface area contributed by atoms with Gasteiger partial charge in [0.1, 0.15) is 10.6 Å². The highest BCUT2D eigenvalue weighted by atomic mass is 32.1. The number of alkyl halides is 3. The summed E-state index contributed by atoms with van der Waals surface area (Å²) in [5.74, 6) is -0.919. The second kappa shape index (κ2) is 4.88. The SMILES string of the molecule is O=C(O)c1cc(Oc2ccc(C(F)(F)F)cn2)cs1. The summed E-state index contributed by atoms with van der Waals surface area (Å²) >= 11 is 0.952. The molecule has 2 rings (SSSR count). The van der Waals surface area contributed by atoms with Gasteiger partial charge in [-0.05, 0) is 6.07 Å². The number of ether oxygens (including phenoxy) is 1. The summed E-state index contributed by atoms with van der Waals surface area (Å²) < 4.78 is 42.0. The van der Waals surface area contributed by atoms with Crippen molar-refractivity contribution in [1.82, 2.24) is 4.98 Å². The largest absolute Gasteiger partial charge is 0.477 e. The third-order valence-corrected chi connectivity index (χ3v) is 2.97. The second-order valence-electron chi connectivity index (χ2n) is 3.44. The minimum absolute atomic E-state index is 0.0391. The highest BCUT2D eigenvalue weighted by molar-refractivity contribution is 7.12. The molecule has 0 saturated carbocycles. The molecule has 2 heterocycles. The van der Waals surface area contributed by atoms with E-state index in [1.165, 1.54) is 11.4 Å². The molecule has 0 unspecified atom stereocenters. The normalized spacial score (nSPS) is 11.3. The van der Waals surface area contributed by atoms with Crippen LogP contribution in [0.4, 0.5) is 13.2 Å². The van der Waals surface area contributed by atoms with Gasteiger partial charge >= 0.3 is 12.1 Å². The molecule has 100 valence electrons. The smallest absolute Gasteiger partial charge is 0.417 e. The average molecular weight is 289 g/mol. The van der Waals surface area contributed by atoms with Gasteiger partial charge in [-0.25, -0.2) is 9.78 Å². The van der Waals surface area contributed by atoms with Crippen molar-refractivity contribution in [3.63, 3.8) is 0 Å². The van der Waals surface area contributed by atoms with Crippen molar-refractivity contribution in [3.05, 3.63) is 40.2 Å². The molecule has 4 nitrogen and oxygen atoms in total. The molecule has 0 fully saturated rings. The van der Waals surface area contributed by atoms with Crippen LogP contribution in [0, 0.1) is 0 Å². The summed E-state index contributed by atoms with van der Waals surface area (Å²) in [5.41, 5.74) is -0.878. The molecule has 0 amide bonds. The fourth-order valence-electron chi connectivity index (χ4n) is 1.21. The first-order chi connectivity index (χ1) is 8.86. The number of carboxylic acids is 1. The standard InChI is InChI=1S/C11H6F3NO3S/c12-11(13,14)6-1-2-9(15-4-6)18-7-3-8(10(16)17)19-5-7/h1-5H,(H,16,17). The fourth-order valence-corrected chi connectivity index (χ4v) is 1.86. The van der Waals surface area contributed by atoms with E-state index in [2.05, 4.69) is 4.98 Å². The Kier molecular flexibility index (Phi) is 3.43. The van der Waals surface area contributed by atoms with E-state index in [1.807, 2.05) is 0 Å². The lowest BCUT2D eigenvalue weighted by molar-refractivity contribution is -0.137. The van der Waals surface area contributed by atoms with E-state index in [-0.39, 0.29) is 16.5 Å². The van der Waals surface area contributed by atoms with Crippen molar-refractivity contribution in [1.29, 1.82) is 0 Å². The third-order valence-electron chi connectivity index (χ3n) is 2.07. The Morgan fingerprint density at radius 3 is 2.58 bits per heavy atom. The van der Waals surface area contributed by atoms with Gasteiger partial charge in [-0.3, -0.25) is 0 Å². The third kappa shape index (κ3) is 3.22. The number of nitrogens with zero attached hydrogens (tertiary/aromatic N) is 1. The van der Waals surface area contributed by atoms with E-state index in [1.54, 1.807) is 0 Å². The summed E-state index contributed by atoms with van der Waals surface area (Å²) in [6.45, 7) is 0. The van der Waals surface area contributed by atoms with Crippen LogP contribution in [0.15, 0.2) is 29.8 Å². The zero-order chi connectivity index (χ0) is 14.0. The quantitative estimate of drug-likeness (QED) is 0.937. The topological polar surface area (TPSA) is 59.4 Å². The van der Waals surface area contributed by atoms with E-state index in [4.69, 9.17) is 9.84 Å². The molecular formula is C11H6F3NO3S. The van der Waals surface area contributed by atoms with E-state index in [9.17, 15) is 18.0 Å². The Hall–Kier alpha value is -2.09. The van der Waals surface area contributed by atoms with E-state index >= 15 is 0 Å². The molecule has 2 aromatic rings. The highest BCUT2D eigenvalue weighted by Crippen LogP contribution is 2.30. The maximum absolute atomic E-state index is 12.3. The monoisotopic (exact) mass is 289 g/mol. The molecule has 19 heavy (non-hydrogen) atoms. The molecule has 0 aliphatic rings. The predicted octanol–water partition coefficient (Wildman–Crippen LogP) is 3.65. The van der Waals surface area contributed by atoms with Crippen LogP contribution in [-0.2, 0) is 6.18 Å². The molecule has 0 aromatic carbocycles. The van der Waals surface area contributed by atoms with Gasteiger partial charge in [-0.2, -0.15) is 13.2 Å². The van der Waals surface area contributed by atoms with E-state index in [0.29, 0.717) is 6.20 Å². The number of hydrogen-bond donors (Lipinski definition) is 1. The minimum Gasteiger partial charge on any atom is -0.477 e. The molecule has 2 aromatic heterocycles. The number of hydrogen-bond acceptors (Lipinski definition) is 4. The van der Waals surface area contributed by atoms with Crippen LogP contribution in [0.2, 0.25) is 0 Å². The number of thiophene rings is 1. The van der Waals surface area contributed by atoms with Gasteiger partial charge in [-0.1, -0.05) is 0 Å². The summed E-state index contributed by atoms with van der Waals surface area (Å²) in [4.78, 5) is 14.2. The molecule has 0 radical (unpaired) electrons. The van der Waals surface area contributed by atoms with Crippen LogP contribution >= 0.6 is 11.3 Å². The molecule has 0 spiro atoms. The summed E-state index contributed by atoms with van der Waals surface area (Å²) in [6, 6.07) is 3.18. The van der Waals surface area contributed by atoms with Crippen LogP contribution < -0.4 is 4.74 Å². The fraction of sp³-hybridized carbons (Fsp3) is 0.0909. The van der Waals surface area contributed by atoms with Crippen LogP contribution in [0.25, 0.3) is 0 Å². The Morgan fingerprint density at radius 1 is 1.37 bits per heavy atom. The minimum atomic E-state index is -4.45. The lowest BCUT2D eigenvalue weighted by atomic mass is 10.3. The summed E-state index contributed by atoms with van der Waals surface area (Å²) in [7, 11) is 0. The van der Waals surface area contributed by atoms with Crippen molar-refractivity contribution in [2.45, 2.75) is 6.18 Å². The molecule has 1 N–H and O–H groups in total. The molecule has 0 bridgehead atoms. The number of carbonyl (C=O) groups is 1. The number of rotatable bonds is 3. The Morgan fingerprint density at radius 2 is 2.11 bits per heavy atom. The zero-order valence-electron chi connectivity index (χ0n) is 9.14. The molecule has 0 aliphatic heterocycles. The number of aromatic carboxylic acids is 1. The molecule has 0 atom stereocenters. The Bertz CT molecular complexity index is 592. The number of pyridine rings is 1. The van der Waals surface area contributed by atoms with Crippen molar-refractivity contribution >= 4 is 17.3 Å².